The number of halogens is 1. The molecule has 0 saturated carbocycles. The number of nitrogens with one attached hydrogen (secondary N) is 1. The second-order valence-corrected chi connectivity index (χ2v) is 5.21. The second kappa shape index (κ2) is 7.66. The first-order valence-corrected chi connectivity index (χ1v) is 6.79. The van der Waals surface area contributed by atoms with E-state index >= 15 is 0 Å². The molecule has 0 saturated heterocycles. The van der Waals surface area contributed by atoms with Gasteiger partial charge in [0.15, 0.2) is 5.96 Å². The molecule has 6 heteroatoms. The topological polar surface area (TPSA) is 68.2 Å². The van der Waals surface area contributed by atoms with Crippen LogP contribution in [0.25, 0.3) is 0 Å². The summed E-state index contributed by atoms with van der Waals surface area (Å²) in [7, 11) is 1.99. The molecule has 1 aromatic rings. The zero-order chi connectivity index (χ0) is 13.8. The lowest BCUT2D eigenvalue weighted by Gasteiger charge is -2.10. The smallest absolute Gasteiger partial charge is 0.189 e. The maximum Gasteiger partial charge on any atom is 0.189 e. The number of fused-ring (bicyclic) bond motifs is 1. The molecule has 0 spiro atoms. The van der Waals surface area contributed by atoms with Crippen molar-refractivity contribution in [1.82, 2.24) is 15.1 Å². The van der Waals surface area contributed by atoms with Crippen molar-refractivity contribution < 1.29 is 0 Å². The maximum atomic E-state index is 5.83. The fourth-order valence-electron chi connectivity index (χ4n) is 2.40. The SMILES string of the molecule is C=C(C)CNC(N)=NCc1c2c(nn1C)CCCC2.I. The lowest BCUT2D eigenvalue weighted by Crippen LogP contribution is -2.32. The summed E-state index contributed by atoms with van der Waals surface area (Å²) in [5.74, 6) is 0.466. The summed E-state index contributed by atoms with van der Waals surface area (Å²) in [4.78, 5) is 4.39. The quantitative estimate of drug-likeness (QED) is 0.358. The maximum absolute atomic E-state index is 5.83. The Bertz CT molecular complexity index is 504. The largest absolute Gasteiger partial charge is 0.370 e. The zero-order valence-electron chi connectivity index (χ0n) is 12.3. The molecule has 0 unspecified atom stereocenters. The third kappa shape index (κ3) is 4.22. The summed E-state index contributed by atoms with van der Waals surface area (Å²) in [6.45, 7) is 7.03. The van der Waals surface area contributed by atoms with Crippen molar-refractivity contribution in [3.05, 3.63) is 29.1 Å². The molecule has 112 valence electrons. The standard InChI is InChI=1S/C14H23N5.HI/c1-10(2)8-16-14(15)17-9-13-11-6-4-5-7-12(11)18-19(13)3;/h1,4-9H2,2-3H3,(H3,15,16,17);1H. The van der Waals surface area contributed by atoms with E-state index in [1.165, 1.54) is 29.8 Å². The van der Waals surface area contributed by atoms with Crippen molar-refractivity contribution in [3.63, 3.8) is 0 Å². The third-order valence-electron chi connectivity index (χ3n) is 3.42. The highest BCUT2D eigenvalue weighted by atomic mass is 127. The summed E-state index contributed by atoms with van der Waals surface area (Å²) in [6, 6.07) is 0. The summed E-state index contributed by atoms with van der Waals surface area (Å²) in [5, 5.41) is 7.62. The van der Waals surface area contributed by atoms with Crippen LogP contribution in [0, 0.1) is 0 Å². The van der Waals surface area contributed by atoms with Gasteiger partial charge in [0.1, 0.15) is 0 Å². The third-order valence-corrected chi connectivity index (χ3v) is 3.42. The van der Waals surface area contributed by atoms with Crippen molar-refractivity contribution in [3.8, 4) is 0 Å². The molecule has 1 aromatic heterocycles. The van der Waals surface area contributed by atoms with Gasteiger partial charge in [0.05, 0.1) is 17.9 Å². The summed E-state index contributed by atoms with van der Waals surface area (Å²) >= 11 is 0. The highest BCUT2D eigenvalue weighted by Crippen LogP contribution is 2.23. The summed E-state index contributed by atoms with van der Waals surface area (Å²) < 4.78 is 1.95. The molecular formula is C14H24IN5. The average molecular weight is 389 g/mol. The van der Waals surface area contributed by atoms with Gasteiger partial charge in [0, 0.05) is 13.6 Å². The fourth-order valence-corrected chi connectivity index (χ4v) is 2.40. The van der Waals surface area contributed by atoms with E-state index in [0.717, 1.165) is 18.4 Å². The first kappa shape index (κ1) is 17.0. The van der Waals surface area contributed by atoms with E-state index in [0.29, 0.717) is 19.0 Å². The predicted molar refractivity (Wildman–Crippen MR) is 93.4 cm³/mol. The number of aryl methyl sites for hydroxylation is 2. The Hall–Kier alpha value is -1.05. The van der Waals surface area contributed by atoms with Crippen LogP contribution in [0.5, 0.6) is 0 Å². The van der Waals surface area contributed by atoms with Crippen LogP contribution in [0.2, 0.25) is 0 Å². The van der Waals surface area contributed by atoms with E-state index in [1.807, 2.05) is 18.7 Å². The van der Waals surface area contributed by atoms with Gasteiger partial charge < -0.3 is 11.1 Å². The van der Waals surface area contributed by atoms with E-state index in [1.54, 1.807) is 0 Å². The first-order valence-electron chi connectivity index (χ1n) is 6.79. The summed E-state index contributed by atoms with van der Waals surface area (Å²) in [5.41, 5.74) is 10.7. The van der Waals surface area contributed by atoms with Gasteiger partial charge in [-0.1, -0.05) is 12.2 Å². The van der Waals surface area contributed by atoms with Crippen LogP contribution in [0.4, 0.5) is 0 Å². The van der Waals surface area contributed by atoms with Gasteiger partial charge in [-0.25, -0.2) is 4.99 Å². The van der Waals surface area contributed by atoms with E-state index in [9.17, 15) is 0 Å². The van der Waals surface area contributed by atoms with E-state index < -0.39 is 0 Å². The van der Waals surface area contributed by atoms with Crippen LogP contribution in [0.1, 0.15) is 36.7 Å². The van der Waals surface area contributed by atoms with Crippen LogP contribution in [-0.2, 0) is 26.4 Å². The van der Waals surface area contributed by atoms with Gasteiger partial charge in [-0.3, -0.25) is 4.68 Å². The zero-order valence-corrected chi connectivity index (χ0v) is 14.6. The average Bonchev–Trinajstić information content (AvgIpc) is 2.69. The molecular weight excluding hydrogens is 365 g/mol. The fraction of sp³-hybridized carbons (Fsp3) is 0.571. The van der Waals surface area contributed by atoms with Gasteiger partial charge in [-0.05, 0) is 38.2 Å². The van der Waals surface area contributed by atoms with E-state index in [2.05, 4.69) is 22.0 Å². The highest BCUT2D eigenvalue weighted by Gasteiger charge is 2.18. The molecule has 1 heterocycles. The van der Waals surface area contributed by atoms with Crippen molar-refractivity contribution in [1.29, 1.82) is 0 Å². The summed E-state index contributed by atoms with van der Waals surface area (Å²) in [6.07, 6.45) is 4.71. The number of hydrogen-bond acceptors (Lipinski definition) is 2. The van der Waals surface area contributed by atoms with Crippen molar-refractivity contribution in [2.75, 3.05) is 6.54 Å². The Morgan fingerprint density at radius 1 is 1.45 bits per heavy atom. The van der Waals surface area contributed by atoms with E-state index in [4.69, 9.17) is 5.73 Å². The Balaban J connectivity index is 0.00000200. The Morgan fingerprint density at radius 2 is 2.15 bits per heavy atom. The molecule has 2 rings (SSSR count). The minimum absolute atomic E-state index is 0. The molecule has 20 heavy (non-hydrogen) atoms. The molecule has 0 bridgehead atoms. The van der Waals surface area contributed by atoms with Crippen LogP contribution in [0.3, 0.4) is 0 Å². The molecule has 0 fully saturated rings. The molecule has 0 aromatic carbocycles. The number of aromatic nitrogens is 2. The van der Waals surface area contributed by atoms with Crippen LogP contribution >= 0.6 is 24.0 Å². The number of nitrogens with zero attached hydrogens (tertiary/aromatic N) is 3. The Morgan fingerprint density at radius 3 is 2.85 bits per heavy atom. The Kier molecular flexibility index (Phi) is 6.51. The predicted octanol–water partition coefficient (Wildman–Crippen LogP) is 1.90. The Labute approximate surface area is 137 Å². The molecule has 1 aliphatic carbocycles. The van der Waals surface area contributed by atoms with Crippen LogP contribution in [-0.4, -0.2) is 22.3 Å². The molecule has 0 atom stereocenters. The molecule has 3 N–H and O–H groups in total. The number of rotatable bonds is 4. The van der Waals surface area contributed by atoms with Gasteiger partial charge in [0.25, 0.3) is 0 Å². The van der Waals surface area contributed by atoms with Crippen molar-refractivity contribution in [2.24, 2.45) is 17.8 Å². The number of aliphatic imine (C=N–C) groups is 1. The van der Waals surface area contributed by atoms with Gasteiger partial charge in [-0.15, -0.1) is 24.0 Å². The minimum Gasteiger partial charge on any atom is -0.370 e. The van der Waals surface area contributed by atoms with E-state index in [-0.39, 0.29) is 24.0 Å². The monoisotopic (exact) mass is 389 g/mol. The van der Waals surface area contributed by atoms with Crippen LogP contribution in [0.15, 0.2) is 17.1 Å². The van der Waals surface area contributed by atoms with Crippen LogP contribution < -0.4 is 11.1 Å². The van der Waals surface area contributed by atoms with Gasteiger partial charge in [0.2, 0.25) is 0 Å². The molecule has 0 aliphatic heterocycles. The first-order chi connectivity index (χ1) is 9.08. The lowest BCUT2D eigenvalue weighted by molar-refractivity contribution is 0.663. The molecule has 0 amide bonds. The van der Waals surface area contributed by atoms with Crippen molar-refractivity contribution in [2.45, 2.75) is 39.2 Å². The normalized spacial score (nSPS) is 14.4. The number of hydrogen-bond donors (Lipinski definition) is 2. The number of nitrogens with two attached hydrogens (primary N) is 1. The molecule has 5 nitrogen and oxygen atoms in total. The highest BCUT2D eigenvalue weighted by molar-refractivity contribution is 14.0. The van der Waals surface area contributed by atoms with Gasteiger partial charge >= 0.3 is 0 Å². The number of guanidine groups is 1. The second-order valence-electron chi connectivity index (χ2n) is 5.21. The van der Waals surface area contributed by atoms with Gasteiger partial charge in [-0.2, -0.15) is 5.10 Å². The molecule has 0 radical (unpaired) electrons. The molecule has 1 aliphatic rings. The lowest BCUT2D eigenvalue weighted by atomic mass is 9.96. The van der Waals surface area contributed by atoms with Crippen molar-refractivity contribution >= 4 is 29.9 Å². The minimum atomic E-state index is 0.